The number of carbonyl (C=O) groups is 2. The Morgan fingerprint density at radius 2 is 0.569 bits per heavy atom. The molecule has 0 aliphatic heterocycles. The fourth-order valence-corrected chi connectivity index (χ4v) is 10.8. The summed E-state index contributed by atoms with van der Waals surface area (Å²) in [6, 6.07) is -0.541. The number of ether oxygens (including phenoxy) is 1. The zero-order valence-corrected chi connectivity index (χ0v) is 49.2. The smallest absolute Gasteiger partial charge is 0.305 e. The number of amides is 1. The monoisotopic (exact) mass is 1020 g/mol. The maximum atomic E-state index is 12.5. The van der Waals surface area contributed by atoms with E-state index < -0.39 is 12.1 Å². The molecule has 0 aromatic rings. The van der Waals surface area contributed by atoms with E-state index in [1.807, 2.05) is 0 Å². The number of nitrogens with one attached hydrogen (secondary N) is 1. The largest absolute Gasteiger partial charge is 0.466 e. The summed E-state index contributed by atoms with van der Waals surface area (Å²) in [5.41, 5.74) is 0. The second kappa shape index (κ2) is 62.4. The minimum absolute atomic E-state index is 0.0173. The molecule has 2 unspecified atom stereocenters. The zero-order chi connectivity index (χ0) is 52.2. The number of esters is 1. The van der Waals surface area contributed by atoms with Crippen molar-refractivity contribution in [3.05, 3.63) is 0 Å². The highest BCUT2D eigenvalue weighted by atomic mass is 16.5. The molecule has 0 saturated heterocycles. The highest BCUT2D eigenvalue weighted by Gasteiger charge is 2.20. The van der Waals surface area contributed by atoms with Crippen LogP contribution in [0.5, 0.6) is 0 Å². The van der Waals surface area contributed by atoms with E-state index in [0.29, 0.717) is 25.9 Å². The lowest BCUT2D eigenvalue weighted by molar-refractivity contribution is -0.143. The van der Waals surface area contributed by atoms with Gasteiger partial charge in [-0.1, -0.05) is 348 Å². The average molecular weight is 1020 g/mol. The van der Waals surface area contributed by atoms with Crippen LogP contribution in [0.3, 0.4) is 0 Å². The van der Waals surface area contributed by atoms with Crippen molar-refractivity contribution in [1.82, 2.24) is 5.32 Å². The Kier molecular flexibility index (Phi) is 61.4. The van der Waals surface area contributed by atoms with E-state index in [0.717, 1.165) is 38.5 Å². The highest BCUT2D eigenvalue weighted by molar-refractivity contribution is 5.76. The van der Waals surface area contributed by atoms with E-state index in [-0.39, 0.29) is 18.5 Å². The minimum atomic E-state index is -0.664. The van der Waals surface area contributed by atoms with Gasteiger partial charge < -0.3 is 20.3 Å². The summed E-state index contributed by atoms with van der Waals surface area (Å²) in [7, 11) is 0. The summed E-state index contributed by atoms with van der Waals surface area (Å²) < 4.78 is 5.50. The molecule has 72 heavy (non-hydrogen) atoms. The first kappa shape index (κ1) is 70.9. The number of aliphatic hydroxyl groups excluding tert-OH is 2. The minimum Gasteiger partial charge on any atom is -0.466 e. The van der Waals surface area contributed by atoms with Gasteiger partial charge in [-0.25, -0.2) is 0 Å². The first-order chi connectivity index (χ1) is 35.5. The normalized spacial score (nSPS) is 12.4. The van der Waals surface area contributed by atoms with Crippen molar-refractivity contribution in [2.75, 3.05) is 13.2 Å². The molecular weight excluding hydrogens is 887 g/mol. The second-order valence-corrected chi connectivity index (χ2v) is 23.2. The SMILES string of the molecule is CCCCCCCCCCCCCCCCCCCC(=O)OCCCCCCCCCCCCCCCCCCCCCCCC(=O)NC(CO)C(O)CCCCCCCCCCCCCCCCCCC. The maximum Gasteiger partial charge on any atom is 0.305 e. The lowest BCUT2D eigenvalue weighted by Crippen LogP contribution is -2.45. The first-order valence-corrected chi connectivity index (χ1v) is 33.3. The molecule has 0 aromatic carbocycles. The van der Waals surface area contributed by atoms with Crippen molar-refractivity contribution in [2.24, 2.45) is 0 Å². The molecule has 2 atom stereocenters. The van der Waals surface area contributed by atoms with Crippen LogP contribution in [-0.2, 0) is 14.3 Å². The molecule has 0 rings (SSSR count). The molecule has 6 nitrogen and oxygen atoms in total. The van der Waals surface area contributed by atoms with Gasteiger partial charge in [-0.15, -0.1) is 0 Å². The Bertz CT molecular complexity index is 1040. The molecule has 1 amide bonds. The van der Waals surface area contributed by atoms with Crippen LogP contribution in [0.4, 0.5) is 0 Å². The third-order valence-electron chi connectivity index (χ3n) is 15.9. The number of carbonyl (C=O) groups excluding carboxylic acids is 2. The summed E-state index contributed by atoms with van der Waals surface area (Å²) >= 11 is 0. The Labute approximate surface area is 451 Å². The Morgan fingerprint density at radius 1 is 0.333 bits per heavy atom. The van der Waals surface area contributed by atoms with Crippen LogP contribution in [-0.4, -0.2) is 47.4 Å². The molecule has 3 N–H and O–H groups in total. The van der Waals surface area contributed by atoms with Gasteiger partial charge in [0.05, 0.1) is 25.4 Å². The zero-order valence-electron chi connectivity index (χ0n) is 49.2. The van der Waals surface area contributed by atoms with Gasteiger partial charge in [-0.05, 0) is 25.7 Å². The maximum absolute atomic E-state index is 12.5. The fourth-order valence-electron chi connectivity index (χ4n) is 10.8. The van der Waals surface area contributed by atoms with Gasteiger partial charge >= 0.3 is 5.97 Å². The van der Waals surface area contributed by atoms with Gasteiger partial charge in [0, 0.05) is 12.8 Å². The van der Waals surface area contributed by atoms with Crippen LogP contribution in [0.2, 0.25) is 0 Å². The molecule has 0 saturated carbocycles. The summed E-state index contributed by atoms with van der Waals surface area (Å²) in [4.78, 5) is 24.6. The molecule has 0 spiro atoms. The van der Waals surface area contributed by atoms with Crippen LogP contribution in [0.25, 0.3) is 0 Å². The Morgan fingerprint density at radius 3 is 0.847 bits per heavy atom. The second-order valence-electron chi connectivity index (χ2n) is 23.2. The van der Waals surface area contributed by atoms with Gasteiger partial charge in [-0.2, -0.15) is 0 Å². The van der Waals surface area contributed by atoms with E-state index in [1.165, 1.54) is 315 Å². The van der Waals surface area contributed by atoms with Crippen LogP contribution in [0, 0.1) is 0 Å². The summed E-state index contributed by atoms with van der Waals surface area (Å²) in [5.74, 6) is -0.0144. The molecular formula is C66H131NO5. The van der Waals surface area contributed by atoms with Crippen LogP contribution in [0.1, 0.15) is 386 Å². The number of hydrogen-bond acceptors (Lipinski definition) is 5. The van der Waals surface area contributed by atoms with Crippen molar-refractivity contribution >= 4 is 11.9 Å². The van der Waals surface area contributed by atoms with E-state index in [2.05, 4.69) is 19.2 Å². The molecule has 0 fully saturated rings. The number of unbranched alkanes of at least 4 members (excludes halogenated alkanes) is 52. The standard InChI is InChI=1S/C66H131NO5/c1-3-5-7-9-11-13-15-17-19-26-30-34-38-42-46-50-54-58-64(69)63(62-68)67-65(70)59-55-51-47-43-39-35-31-28-24-22-21-23-25-29-33-37-41-45-49-53-57-61-72-66(71)60-56-52-48-44-40-36-32-27-20-18-16-14-12-10-8-6-4-2/h63-64,68-69H,3-62H2,1-2H3,(H,67,70). The molecule has 0 aliphatic rings. The predicted molar refractivity (Wildman–Crippen MR) is 315 cm³/mol. The lowest BCUT2D eigenvalue weighted by Gasteiger charge is -2.22. The van der Waals surface area contributed by atoms with E-state index >= 15 is 0 Å². The Balaban J connectivity index is 3.36. The van der Waals surface area contributed by atoms with Gasteiger partial charge in [0.1, 0.15) is 0 Å². The number of hydrogen-bond donors (Lipinski definition) is 3. The quantitative estimate of drug-likeness (QED) is 0.0417. The summed E-state index contributed by atoms with van der Waals surface area (Å²) in [5, 5.41) is 23.3. The average Bonchev–Trinajstić information content (AvgIpc) is 3.38. The summed E-state index contributed by atoms with van der Waals surface area (Å²) in [6.07, 6.45) is 74.1. The van der Waals surface area contributed by atoms with Gasteiger partial charge in [-0.3, -0.25) is 9.59 Å². The van der Waals surface area contributed by atoms with Crippen LogP contribution < -0.4 is 5.32 Å². The van der Waals surface area contributed by atoms with E-state index in [1.54, 1.807) is 0 Å². The fraction of sp³-hybridized carbons (Fsp3) is 0.970. The summed E-state index contributed by atoms with van der Waals surface area (Å²) in [6.45, 7) is 5.00. The van der Waals surface area contributed by atoms with Gasteiger partial charge in [0.25, 0.3) is 0 Å². The number of aliphatic hydroxyl groups is 2. The van der Waals surface area contributed by atoms with Crippen LogP contribution in [0.15, 0.2) is 0 Å². The topological polar surface area (TPSA) is 95.9 Å². The van der Waals surface area contributed by atoms with Crippen molar-refractivity contribution < 1.29 is 24.5 Å². The van der Waals surface area contributed by atoms with Crippen LogP contribution >= 0.6 is 0 Å². The molecule has 0 aromatic heterocycles. The van der Waals surface area contributed by atoms with E-state index in [9.17, 15) is 19.8 Å². The van der Waals surface area contributed by atoms with Crippen molar-refractivity contribution in [1.29, 1.82) is 0 Å². The predicted octanol–water partition coefficient (Wildman–Crippen LogP) is 21.0. The lowest BCUT2D eigenvalue weighted by atomic mass is 10.0. The third-order valence-corrected chi connectivity index (χ3v) is 15.9. The van der Waals surface area contributed by atoms with Gasteiger partial charge in [0.15, 0.2) is 0 Å². The van der Waals surface area contributed by atoms with Crippen molar-refractivity contribution in [3.63, 3.8) is 0 Å². The Hall–Kier alpha value is -1.14. The first-order valence-electron chi connectivity index (χ1n) is 33.3. The third kappa shape index (κ3) is 58.1. The molecule has 0 radical (unpaired) electrons. The van der Waals surface area contributed by atoms with Gasteiger partial charge in [0.2, 0.25) is 5.91 Å². The molecule has 0 aliphatic carbocycles. The van der Waals surface area contributed by atoms with E-state index in [4.69, 9.17) is 4.74 Å². The van der Waals surface area contributed by atoms with Crippen molar-refractivity contribution in [2.45, 2.75) is 398 Å². The molecule has 0 heterocycles. The van der Waals surface area contributed by atoms with Crippen molar-refractivity contribution in [3.8, 4) is 0 Å². The number of rotatable bonds is 63. The molecule has 0 bridgehead atoms. The molecule has 430 valence electrons. The highest BCUT2D eigenvalue weighted by Crippen LogP contribution is 2.19. The molecule has 6 heteroatoms.